The van der Waals surface area contributed by atoms with Gasteiger partial charge in [-0.2, -0.15) is 0 Å². The molecule has 3 atom stereocenters. The fourth-order valence-corrected chi connectivity index (χ4v) is 4.17. The molecule has 30 heavy (non-hydrogen) atoms. The van der Waals surface area contributed by atoms with E-state index in [1.54, 1.807) is 7.11 Å². The van der Waals surface area contributed by atoms with E-state index >= 15 is 0 Å². The number of methoxy groups -OCH3 is 1. The molecule has 174 valence electrons. The third-order valence-electron chi connectivity index (χ3n) is 7.50. The lowest BCUT2D eigenvalue weighted by atomic mass is 9.55. The van der Waals surface area contributed by atoms with Crippen LogP contribution in [-0.4, -0.2) is 57.2 Å². The number of rotatable bonds is 10. The first-order valence-electron chi connectivity index (χ1n) is 11.4. The lowest BCUT2D eigenvalue weighted by Gasteiger charge is -2.32. The van der Waals surface area contributed by atoms with Crippen LogP contribution < -0.4 is 0 Å². The molecule has 0 radical (unpaired) electrons. The van der Waals surface area contributed by atoms with Gasteiger partial charge in [-0.3, -0.25) is 0 Å². The average Bonchev–Trinajstić information content (AvgIpc) is 2.91. The minimum Gasteiger partial charge on any atom is -0.403 e. The van der Waals surface area contributed by atoms with Crippen LogP contribution in [0.2, 0.25) is 12.1 Å². The Hall–Kier alpha value is -0.110. The molecule has 2 rings (SSSR count). The molecule has 2 heterocycles. The second kappa shape index (κ2) is 9.40. The Balaban J connectivity index is 2.13. The summed E-state index contributed by atoms with van der Waals surface area (Å²) in [5.74, 6) is 0.892. The van der Waals surface area contributed by atoms with E-state index in [1.165, 1.54) is 0 Å². The highest BCUT2D eigenvalue weighted by Gasteiger charge is 2.57. The van der Waals surface area contributed by atoms with Gasteiger partial charge in [0, 0.05) is 7.11 Å². The van der Waals surface area contributed by atoms with Crippen molar-refractivity contribution in [3.8, 4) is 0 Å². The summed E-state index contributed by atoms with van der Waals surface area (Å²) in [7, 11) is 1.07. The second-order valence-corrected chi connectivity index (χ2v) is 11.3. The quantitative estimate of drug-likeness (QED) is 0.284. The van der Waals surface area contributed by atoms with Crippen molar-refractivity contribution >= 4 is 14.2 Å². The van der Waals surface area contributed by atoms with E-state index in [0.717, 1.165) is 12.7 Å². The number of hydrogen-bond donors (Lipinski definition) is 0. The largest absolute Gasteiger partial charge is 0.460 e. The minimum atomic E-state index is -0.362. The van der Waals surface area contributed by atoms with Crippen LogP contribution in [0.3, 0.4) is 0 Å². The van der Waals surface area contributed by atoms with Crippen molar-refractivity contribution in [1.29, 1.82) is 0 Å². The summed E-state index contributed by atoms with van der Waals surface area (Å²) in [6.07, 6.45) is 1.73. The SMILES string of the molecule is COCOC[C@@H](C)C[C@@H](C)[C@@H](CB1OC(C)(C)C(C)(C)O1)B1OC(C)(C)C(C)(C)O1. The predicted octanol–water partition coefficient (Wildman–Crippen LogP) is 4.82. The molecular weight excluding hydrogens is 382 g/mol. The zero-order valence-corrected chi connectivity index (χ0v) is 21.2. The van der Waals surface area contributed by atoms with Gasteiger partial charge in [-0.1, -0.05) is 13.8 Å². The Bertz CT molecular complexity index is 534. The Morgan fingerprint density at radius 1 is 0.767 bits per heavy atom. The molecule has 2 saturated heterocycles. The van der Waals surface area contributed by atoms with E-state index in [2.05, 4.69) is 69.2 Å². The van der Waals surface area contributed by atoms with Gasteiger partial charge in [0.25, 0.3) is 0 Å². The van der Waals surface area contributed by atoms with Gasteiger partial charge in [-0.25, -0.2) is 0 Å². The van der Waals surface area contributed by atoms with Crippen LogP contribution in [0.4, 0.5) is 0 Å². The third kappa shape index (κ3) is 5.81. The summed E-state index contributed by atoms with van der Waals surface area (Å²) in [4.78, 5) is 0. The normalized spacial score (nSPS) is 27.3. The molecule has 0 bridgehead atoms. The van der Waals surface area contributed by atoms with E-state index in [9.17, 15) is 0 Å². The van der Waals surface area contributed by atoms with Gasteiger partial charge in [0.1, 0.15) is 6.79 Å². The van der Waals surface area contributed by atoms with Crippen molar-refractivity contribution in [2.45, 2.75) is 110 Å². The first kappa shape index (κ1) is 26.1. The molecule has 2 aliphatic heterocycles. The van der Waals surface area contributed by atoms with Crippen molar-refractivity contribution in [3.05, 3.63) is 0 Å². The van der Waals surface area contributed by atoms with Gasteiger partial charge in [0.05, 0.1) is 29.0 Å². The fraction of sp³-hybridized carbons (Fsp3) is 1.00. The molecule has 0 amide bonds. The van der Waals surface area contributed by atoms with Crippen molar-refractivity contribution in [3.63, 3.8) is 0 Å². The number of ether oxygens (including phenoxy) is 2. The summed E-state index contributed by atoms with van der Waals surface area (Å²) in [6.45, 7) is 22.3. The zero-order valence-electron chi connectivity index (χ0n) is 21.2. The molecule has 0 spiro atoms. The van der Waals surface area contributed by atoms with Crippen LogP contribution >= 0.6 is 0 Å². The van der Waals surface area contributed by atoms with Crippen LogP contribution in [0.15, 0.2) is 0 Å². The summed E-state index contributed by atoms with van der Waals surface area (Å²) < 4.78 is 36.1. The van der Waals surface area contributed by atoms with E-state index < -0.39 is 0 Å². The first-order chi connectivity index (χ1) is 13.6. The Kier molecular flexibility index (Phi) is 8.19. The molecule has 2 aliphatic rings. The lowest BCUT2D eigenvalue weighted by Crippen LogP contribution is -2.41. The molecule has 0 aliphatic carbocycles. The fourth-order valence-electron chi connectivity index (χ4n) is 4.17. The maximum atomic E-state index is 6.46. The standard InChI is InChI=1S/C22H44B2O6/c1-16(14-26-15-25-11)12-17(2)18(24-29-21(7,8)22(9,10)30-24)13-23-27-19(3,4)20(5,6)28-23/h16-18H,12-15H2,1-11H3/t16-,17+,18+/m0/s1. The van der Waals surface area contributed by atoms with Gasteiger partial charge >= 0.3 is 14.2 Å². The molecule has 2 fully saturated rings. The number of hydrogen-bond acceptors (Lipinski definition) is 6. The van der Waals surface area contributed by atoms with Crippen LogP contribution in [0, 0.1) is 11.8 Å². The van der Waals surface area contributed by atoms with E-state index in [-0.39, 0.29) is 42.5 Å². The van der Waals surface area contributed by atoms with Crippen LogP contribution in [0.5, 0.6) is 0 Å². The minimum absolute atomic E-state index is 0.144. The Morgan fingerprint density at radius 2 is 1.23 bits per heavy atom. The van der Waals surface area contributed by atoms with E-state index in [0.29, 0.717) is 25.2 Å². The molecule has 6 nitrogen and oxygen atoms in total. The average molecular weight is 426 g/mol. The second-order valence-electron chi connectivity index (χ2n) is 11.3. The maximum absolute atomic E-state index is 6.46. The van der Waals surface area contributed by atoms with Crippen molar-refractivity contribution in [2.24, 2.45) is 11.8 Å². The summed E-state index contributed by atoms with van der Waals surface area (Å²) >= 11 is 0. The summed E-state index contributed by atoms with van der Waals surface area (Å²) in [5, 5.41) is 0. The molecule has 0 aromatic carbocycles. The zero-order chi connectivity index (χ0) is 23.0. The summed E-state index contributed by atoms with van der Waals surface area (Å²) in [5.41, 5.74) is -1.41. The van der Waals surface area contributed by atoms with Gasteiger partial charge in [0.15, 0.2) is 0 Å². The van der Waals surface area contributed by atoms with Crippen LogP contribution in [0.1, 0.15) is 75.7 Å². The highest BCUT2D eigenvalue weighted by Crippen LogP contribution is 2.47. The summed E-state index contributed by atoms with van der Waals surface area (Å²) in [6, 6.07) is 0. The molecule has 0 N–H and O–H groups in total. The highest BCUT2D eigenvalue weighted by atomic mass is 16.7. The van der Waals surface area contributed by atoms with Gasteiger partial charge in [-0.15, -0.1) is 0 Å². The van der Waals surface area contributed by atoms with Gasteiger partial charge in [-0.05, 0) is 85.8 Å². The molecule has 8 heteroatoms. The lowest BCUT2D eigenvalue weighted by molar-refractivity contribution is -0.0436. The van der Waals surface area contributed by atoms with Gasteiger partial charge in [0.2, 0.25) is 0 Å². The van der Waals surface area contributed by atoms with Crippen molar-refractivity contribution < 1.29 is 28.1 Å². The predicted molar refractivity (Wildman–Crippen MR) is 121 cm³/mol. The van der Waals surface area contributed by atoms with Crippen molar-refractivity contribution in [1.82, 2.24) is 0 Å². The third-order valence-corrected chi connectivity index (χ3v) is 7.50. The smallest absolute Gasteiger partial charge is 0.403 e. The molecule has 0 saturated carbocycles. The Labute approximate surface area is 185 Å². The maximum Gasteiger partial charge on any atom is 0.460 e. The van der Waals surface area contributed by atoms with Crippen LogP contribution in [0.25, 0.3) is 0 Å². The van der Waals surface area contributed by atoms with E-state index in [1.807, 2.05) is 0 Å². The molecule has 0 aromatic heterocycles. The molecule has 0 aromatic rings. The Morgan fingerprint density at radius 3 is 1.70 bits per heavy atom. The highest BCUT2D eigenvalue weighted by molar-refractivity contribution is 6.53. The van der Waals surface area contributed by atoms with Crippen LogP contribution in [-0.2, 0) is 28.1 Å². The van der Waals surface area contributed by atoms with Gasteiger partial charge < -0.3 is 28.1 Å². The first-order valence-corrected chi connectivity index (χ1v) is 11.4. The van der Waals surface area contributed by atoms with E-state index in [4.69, 9.17) is 28.1 Å². The topological polar surface area (TPSA) is 55.4 Å². The molecule has 0 unspecified atom stereocenters. The molecular formula is C22H44B2O6. The monoisotopic (exact) mass is 426 g/mol. The van der Waals surface area contributed by atoms with Crippen molar-refractivity contribution in [2.75, 3.05) is 20.5 Å².